The van der Waals surface area contributed by atoms with Crippen LogP contribution in [0.5, 0.6) is 11.5 Å². The molecule has 10 heteroatoms. The number of benzene rings is 2. The van der Waals surface area contributed by atoms with Crippen LogP contribution in [0.4, 0.5) is 23.5 Å². The summed E-state index contributed by atoms with van der Waals surface area (Å²) in [5, 5.41) is 4.08. The molecular weight excluding hydrogens is 368 g/mol. The van der Waals surface area contributed by atoms with Gasteiger partial charge in [0.05, 0.1) is 16.7 Å². The fourth-order valence-electron chi connectivity index (χ4n) is 2.37. The van der Waals surface area contributed by atoms with E-state index in [2.05, 4.69) is 30.0 Å². The molecule has 0 fully saturated rings. The van der Waals surface area contributed by atoms with Gasteiger partial charge in [0.2, 0.25) is 5.95 Å². The van der Waals surface area contributed by atoms with Crippen LogP contribution in [-0.4, -0.2) is 28.9 Å². The first-order chi connectivity index (χ1) is 12.9. The number of hydrogen-bond donors (Lipinski definition) is 2. The summed E-state index contributed by atoms with van der Waals surface area (Å²) in [5.74, 6) is -0.289. The topological polar surface area (TPSA) is 71.5 Å². The van der Waals surface area contributed by atoms with Gasteiger partial charge in [-0.2, -0.15) is 22.7 Å². The Kier molecular flexibility index (Phi) is 5.43. The number of hydrogen-bond acceptors (Lipinski definition) is 5. The van der Waals surface area contributed by atoms with Crippen molar-refractivity contribution in [2.45, 2.75) is 20.1 Å². The highest BCUT2D eigenvalue weighted by Crippen LogP contribution is 2.28. The van der Waals surface area contributed by atoms with Gasteiger partial charge in [0, 0.05) is 11.6 Å². The van der Waals surface area contributed by atoms with Gasteiger partial charge in [0.25, 0.3) is 0 Å². The zero-order valence-corrected chi connectivity index (χ0v) is 13.9. The lowest BCUT2D eigenvalue weighted by atomic mass is 10.1. The Labute approximate surface area is 150 Å². The van der Waals surface area contributed by atoms with Gasteiger partial charge in [-0.1, -0.05) is 12.1 Å². The minimum atomic E-state index is -3.14. The number of imidazole rings is 1. The molecule has 0 aliphatic rings. The third kappa shape index (κ3) is 4.66. The number of rotatable bonds is 7. The number of nitrogens with zero attached hydrogens (tertiary/aromatic N) is 2. The van der Waals surface area contributed by atoms with Crippen LogP contribution >= 0.6 is 0 Å². The Morgan fingerprint density at radius 2 is 1.81 bits per heavy atom. The first-order valence-corrected chi connectivity index (χ1v) is 7.71. The average molecular weight is 382 g/mol. The number of para-hydroxylation sites is 2. The van der Waals surface area contributed by atoms with Crippen molar-refractivity contribution in [2.24, 2.45) is 5.10 Å². The van der Waals surface area contributed by atoms with E-state index in [1.54, 1.807) is 0 Å². The molecule has 142 valence electrons. The number of H-pyrrole nitrogens is 1. The second kappa shape index (κ2) is 7.94. The van der Waals surface area contributed by atoms with Crippen molar-refractivity contribution in [3.8, 4) is 11.5 Å². The van der Waals surface area contributed by atoms with Gasteiger partial charge in [-0.3, -0.25) is 0 Å². The highest BCUT2D eigenvalue weighted by Gasteiger charge is 2.15. The smallest absolute Gasteiger partial charge is 0.387 e. The van der Waals surface area contributed by atoms with Crippen molar-refractivity contribution < 1.29 is 27.0 Å². The number of ether oxygens (including phenoxy) is 2. The molecule has 0 radical (unpaired) electrons. The lowest BCUT2D eigenvalue weighted by Gasteiger charge is -2.13. The van der Waals surface area contributed by atoms with E-state index in [-0.39, 0.29) is 22.8 Å². The summed E-state index contributed by atoms with van der Waals surface area (Å²) < 4.78 is 58.5. The number of fused-ring (bicyclic) bond motifs is 1. The summed E-state index contributed by atoms with van der Waals surface area (Å²) >= 11 is 0. The SMILES string of the molecule is C/C(=N/Nc1nc2ccccc2[nH]1)c1ccc(OC(F)F)cc1OC(F)F. The Morgan fingerprint density at radius 1 is 1.07 bits per heavy atom. The maximum absolute atomic E-state index is 12.6. The largest absolute Gasteiger partial charge is 0.435 e. The molecule has 2 N–H and O–H groups in total. The molecule has 0 aliphatic heterocycles. The third-order valence-corrected chi connectivity index (χ3v) is 3.50. The minimum Gasteiger partial charge on any atom is -0.435 e. The minimum absolute atomic E-state index is 0.181. The Morgan fingerprint density at radius 3 is 2.52 bits per heavy atom. The number of hydrazone groups is 1. The molecule has 0 atom stereocenters. The normalized spacial score (nSPS) is 12.0. The van der Waals surface area contributed by atoms with Crippen LogP contribution in [0.15, 0.2) is 47.6 Å². The van der Waals surface area contributed by atoms with Crippen LogP contribution in [0.1, 0.15) is 12.5 Å². The lowest BCUT2D eigenvalue weighted by Crippen LogP contribution is -2.09. The van der Waals surface area contributed by atoms with E-state index in [0.717, 1.165) is 17.1 Å². The van der Waals surface area contributed by atoms with Crippen LogP contribution in [0.25, 0.3) is 11.0 Å². The third-order valence-electron chi connectivity index (χ3n) is 3.50. The van der Waals surface area contributed by atoms with Gasteiger partial charge in [-0.05, 0) is 31.2 Å². The second-order valence-corrected chi connectivity index (χ2v) is 5.33. The summed E-state index contributed by atoms with van der Waals surface area (Å²) in [5.41, 5.74) is 4.66. The van der Waals surface area contributed by atoms with Crippen molar-refractivity contribution in [2.75, 3.05) is 5.43 Å². The predicted octanol–water partition coefficient (Wildman–Crippen LogP) is 4.60. The molecule has 1 heterocycles. The van der Waals surface area contributed by atoms with Crippen molar-refractivity contribution in [3.63, 3.8) is 0 Å². The first kappa shape index (κ1) is 18.5. The monoisotopic (exact) mass is 382 g/mol. The van der Waals surface area contributed by atoms with Crippen molar-refractivity contribution in [1.82, 2.24) is 9.97 Å². The molecule has 0 saturated heterocycles. The molecule has 6 nitrogen and oxygen atoms in total. The van der Waals surface area contributed by atoms with Crippen LogP contribution in [0.3, 0.4) is 0 Å². The van der Waals surface area contributed by atoms with Crippen molar-refractivity contribution in [3.05, 3.63) is 48.0 Å². The molecule has 0 saturated carbocycles. The summed E-state index contributed by atoms with van der Waals surface area (Å²) in [7, 11) is 0. The van der Waals surface area contributed by atoms with E-state index in [4.69, 9.17) is 0 Å². The van der Waals surface area contributed by atoms with Gasteiger partial charge in [0.1, 0.15) is 11.5 Å². The summed E-state index contributed by atoms with van der Waals surface area (Å²) in [6.07, 6.45) is 0. The fourth-order valence-corrected chi connectivity index (χ4v) is 2.37. The molecular formula is C17H14F4N4O2. The Balaban J connectivity index is 1.84. The van der Waals surface area contributed by atoms with Gasteiger partial charge in [0.15, 0.2) is 0 Å². The molecule has 0 unspecified atom stereocenters. The molecule has 0 aliphatic carbocycles. The quantitative estimate of drug-likeness (QED) is 0.356. The lowest BCUT2D eigenvalue weighted by molar-refractivity contribution is -0.0543. The standard InChI is InChI=1S/C17H14F4N4O2/c1-9(24-25-17-22-12-4-2-3-5-13(12)23-17)11-7-6-10(26-15(18)19)8-14(11)27-16(20)21/h2-8,15-16H,1H3,(H2,22,23,25)/b24-9-. The molecule has 0 bridgehead atoms. The van der Waals surface area contributed by atoms with E-state index in [1.165, 1.54) is 19.1 Å². The van der Waals surface area contributed by atoms with Crippen LogP contribution < -0.4 is 14.9 Å². The number of alkyl halides is 4. The second-order valence-electron chi connectivity index (χ2n) is 5.33. The molecule has 0 spiro atoms. The zero-order valence-electron chi connectivity index (χ0n) is 13.9. The van der Waals surface area contributed by atoms with Crippen molar-refractivity contribution in [1.29, 1.82) is 0 Å². The van der Waals surface area contributed by atoms with Gasteiger partial charge in [-0.15, -0.1) is 0 Å². The highest BCUT2D eigenvalue weighted by molar-refractivity contribution is 6.01. The maximum atomic E-state index is 12.6. The number of aromatic amines is 1. The number of anilines is 1. The van der Waals surface area contributed by atoms with Crippen molar-refractivity contribution >= 4 is 22.7 Å². The Bertz CT molecular complexity index is 926. The predicted molar refractivity (Wildman–Crippen MR) is 91.6 cm³/mol. The number of nitrogens with one attached hydrogen (secondary N) is 2. The van der Waals surface area contributed by atoms with E-state index < -0.39 is 13.2 Å². The maximum Gasteiger partial charge on any atom is 0.387 e. The molecule has 3 aromatic rings. The molecule has 0 amide bonds. The van der Waals surface area contributed by atoms with E-state index in [9.17, 15) is 17.6 Å². The highest BCUT2D eigenvalue weighted by atomic mass is 19.3. The first-order valence-electron chi connectivity index (χ1n) is 7.71. The van der Waals surface area contributed by atoms with Crippen LogP contribution in [0, 0.1) is 0 Å². The van der Waals surface area contributed by atoms with Gasteiger partial charge in [-0.25, -0.2) is 10.4 Å². The molecule has 27 heavy (non-hydrogen) atoms. The molecule has 3 rings (SSSR count). The van der Waals surface area contributed by atoms with E-state index >= 15 is 0 Å². The summed E-state index contributed by atoms with van der Waals surface area (Å²) in [4.78, 5) is 7.26. The summed E-state index contributed by atoms with van der Waals surface area (Å²) in [6.45, 7) is -4.68. The van der Waals surface area contributed by atoms with Gasteiger partial charge < -0.3 is 14.5 Å². The molecule has 2 aromatic carbocycles. The van der Waals surface area contributed by atoms with Gasteiger partial charge >= 0.3 is 13.2 Å². The average Bonchev–Trinajstić information content (AvgIpc) is 3.02. The van der Waals surface area contributed by atoms with E-state index in [0.29, 0.717) is 5.95 Å². The van der Waals surface area contributed by atoms with E-state index in [1.807, 2.05) is 24.3 Å². The molecule has 1 aromatic heterocycles. The zero-order chi connectivity index (χ0) is 19.4. The number of halogens is 4. The number of aromatic nitrogens is 2. The Hall–Kier alpha value is -3.30. The summed E-state index contributed by atoms with van der Waals surface area (Å²) in [6, 6.07) is 10.8. The van der Waals surface area contributed by atoms with Crippen LogP contribution in [0.2, 0.25) is 0 Å². The van der Waals surface area contributed by atoms with Crippen LogP contribution in [-0.2, 0) is 0 Å². The fraction of sp³-hybridized carbons (Fsp3) is 0.176.